The van der Waals surface area contributed by atoms with E-state index in [1.165, 1.54) is 0 Å². The number of hydrogen-bond acceptors (Lipinski definition) is 3. The molecule has 5 nitrogen and oxygen atoms in total. The largest absolute Gasteiger partial charge is 0.423 e. The lowest BCUT2D eigenvalue weighted by Crippen LogP contribution is -2.46. The molecular weight excluding hydrogens is 263 g/mol. The summed E-state index contributed by atoms with van der Waals surface area (Å²) in [5.74, 6) is -1.40. The van der Waals surface area contributed by atoms with E-state index in [2.05, 4.69) is 10.3 Å². The van der Waals surface area contributed by atoms with Crippen LogP contribution in [0.4, 0.5) is 13.2 Å². The number of hydrogen-bond donors (Lipinski definition) is 2. The fourth-order valence-corrected chi connectivity index (χ4v) is 1.86. The lowest BCUT2D eigenvalue weighted by Gasteiger charge is -2.19. The minimum Gasteiger partial charge on any atom is -0.376 e. The Bertz CT molecular complexity index is 441. The van der Waals surface area contributed by atoms with E-state index in [1.807, 2.05) is 4.57 Å². The van der Waals surface area contributed by atoms with Gasteiger partial charge >= 0.3 is 6.18 Å². The van der Waals surface area contributed by atoms with Crippen LogP contribution in [-0.4, -0.2) is 39.4 Å². The molecule has 1 aliphatic rings. The maximum atomic E-state index is 12.1. The Hall–Kier alpha value is -1.57. The summed E-state index contributed by atoms with van der Waals surface area (Å²) in [5.41, 5.74) is -0.221. The molecular formula is C11H14F3N3O2. The normalized spacial score (nSPS) is 18.9. The Kier molecular flexibility index (Phi) is 3.53. The van der Waals surface area contributed by atoms with Crippen LogP contribution in [0.3, 0.4) is 0 Å². The Morgan fingerprint density at radius 3 is 2.68 bits per heavy atom. The van der Waals surface area contributed by atoms with Crippen LogP contribution in [0.5, 0.6) is 0 Å². The maximum absolute atomic E-state index is 12.1. The number of halogens is 3. The van der Waals surface area contributed by atoms with Crippen LogP contribution in [0.25, 0.3) is 0 Å². The number of alkyl halides is 3. The van der Waals surface area contributed by atoms with Crippen molar-refractivity contribution in [2.75, 3.05) is 6.54 Å². The Balaban J connectivity index is 1.84. The van der Waals surface area contributed by atoms with Crippen molar-refractivity contribution < 1.29 is 23.1 Å². The number of carbonyl (C=O) groups is 1. The van der Waals surface area contributed by atoms with E-state index in [1.54, 1.807) is 18.7 Å². The van der Waals surface area contributed by atoms with E-state index in [4.69, 9.17) is 5.11 Å². The van der Waals surface area contributed by atoms with Crippen LogP contribution in [0, 0.1) is 5.41 Å². The first-order valence-corrected chi connectivity index (χ1v) is 5.81. The van der Waals surface area contributed by atoms with Gasteiger partial charge in [0.2, 0.25) is 6.10 Å². The summed E-state index contributed by atoms with van der Waals surface area (Å²) in [6, 6.07) is 0. The summed E-state index contributed by atoms with van der Waals surface area (Å²) in [5, 5.41) is 10.9. The monoisotopic (exact) mass is 277 g/mol. The van der Waals surface area contributed by atoms with Gasteiger partial charge in [0.15, 0.2) is 0 Å². The van der Waals surface area contributed by atoms with Crippen LogP contribution in [0.15, 0.2) is 18.7 Å². The summed E-state index contributed by atoms with van der Waals surface area (Å²) < 4.78 is 38.2. The average molecular weight is 277 g/mol. The van der Waals surface area contributed by atoms with Gasteiger partial charge in [0.05, 0.1) is 6.33 Å². The van der Waals surface area contributed by atoms with E-state index < -0.39 is 18.2 Å². The fraction of sp³-hybridized carbons (Fsp3) is 0.636. The molecule has 0 aliphatic heterocycles. The van der Waals surface area contributed by atoms with Gasteiger partial charge in [-0.2, -0.15) is 13.2 Å². The molecule has 1 aromatic heterocycles. The minimum absolute atomic E-state index is 0.122. The smallest absolute Gasteiger partial charge is 0.376 e. The molecule has 1 fully saturated rings. The number of aromatic nitrogens is 2. The van der Waals surface area contributed by atoms with Crippen LogP contribution >= 0.6 is 0 Å². The standard InChI is InChI=1S/C11H14F3N3O2/c12-11(13,14)8(18)9(19)16-5-10(1-2-10)6-17-4-3-15-7-17/h3-4,7-8,18H,1-2,5-6H2,(H,16,19)/t8-/m0/s1. The fourth-order valence-electron chi connectivity index (χ4n) is 1.86. The molecule has 2 rings (SSSR count). The third kappa shape index (κ3) is 3.46. The molecule has 0 radical (unpaired) electrons. The highest BCUT2D eigenvalue weighted by atomic mass is 19.4. The number of rotatable bonds is 5. The van der Waals surface area contributed by atoms with E-state index in [0.717, 1.165) is 12.8 Å². The predicted molar refractivity (Wildman–Crippen MR) is 59.0 cm³/mol. The summed E-state index contributed by atoms with van der Waals surface area (Å²) in [6.45, 7) is 0.715. The molecule has 0 aromatic carbocycles. The van der Waals surface area contributed by atoms with Gasteiger partial charge in [-0.15, -0.1) is 0 Å². The maximum Gasteiger partial charge on any atom is 0.423 e. The lowest BCUT2D eigenvalue weighted by molar-refractivity contribution is -0.205. The number of amides is 1. The van der Waals surface area contributed by atoms with Crippen LogP contribution in [-0.2, 0) is 11.3 Å². The van der Waals surface area contributed by atoms with Gasteiger partial charge in [-0.1, -0.05) is 0 Å². The van der Waals surface area contributed by atoms with Crippen molar-refractivity contribution in [3.05, 3.63) is 18.7 Å². The van der Waals surface area contributed by atoms with Gasteiger partial charge in [-0.05, 0) is 12.8 Å². The second-order valence-electron chi connectivity index (χ2n) is 4.90. The van der Waals surface area contributed by atoms with Gasteiger partial charge in [0, 0.05) is 30.9 Å². The molecule has 19 heavy (non-hydrogen) atoms. The third-order valence-electron chi connectivity index (χ3n) is 3.23. The average Bonchev–Trinajstić information content (AvgIpc) is 2.89. The highest BCUT2D eigenvalue weighted by Gasteiger charge is 2.46. The van der Waals surface area contributed by atoms with Crippen molar-refractivity contribution in [1.29, 1.82) is 0 Å². The van der Waals surface area contributed by atoms with E-state index in [0.29, 0.717) is 6.54 Å². The summed E-state index contributed by atoms with van der Waals surface area (Å²) in [7, 11) is 0. The molecule has 106 valence electrons. The number of nitrogens with one attached hydrogen (secondary N) is 1. The molecule has 1 aliphatic carbocycles. The van der Waals surface area contributed by atoms with Crippen LogP contribution in [0.1, 0.15) is 12.8 Å². The Labute approximate surface area is 107 Å². The molecule has 8 heteroatoms. The van der Waals surface area contributed by atoms with Crippen molar-refractivity contribution in [1.82, 2.24) is 14.9 Å². The Morgan fingerprint density at radius 2 is 2.21 bits per heavy atom. The zero-order valence-electron chi connectivity index (χ0n) is 10.0. The van der Waals surface area contributed by atoms with Crippen molar-refractivity contribution in [3.8, 4) is 0 Å². The van der Waals surface area contributed by atoms with Gasteiger partial charge in [-0.3, -0.25) is 4.79 Å². The number of nitrogens with zero attached hydrogens (tertiary/aromatic N) is 2. The predicted octanol–water partition coefficient (Wildman–Crippen LogP) is 0.703. The van der Waals surface area contributed by atoms with E-state index in [9.17, 15) is 18.0 Å². The molecule has 1 saturated carbocycles. The number of aliphatic hydroxyl groups is 1. The first-order chi connectivity index (χ1) is 8.82. The van der Waals surface area contributed by atoms with E-state index in [-0.39, 0.29) is 12.0 Å². The lowest BCUT2D eigenvalue weighted by atomic mass is 10.1. The highest BCUT2D eigenvalue weighted by Crippen LogP contribution is 2.46. The summed E-state index contributed by atoms with van der Waals surface area (Å²) in [6.07, 6.45) is -1.25. The highest BCUT2D eigenvalue weighted by molar-refractivity contribution is 5.81. The van der Waals surface area contributed by atoms with Crippen molar-refractivity contribution in [3.63, 3.8) is 0 Å². The molecule has 0 saturated heterocycles. The molecule has 1 heterocycles. The van der Waals surface area contributed by atoms with Gasteiger partial charge in [0.1, 0.15) is 0 Å². The molecule has 0 unspecified atom stereocenters. The van der Waals surface area contributed by atoms with Crippen molar-refractivity contribution in [2.45, 2.75) is 31.7 Å². The van der Waals surface area contributed by atoms with Gasteiger partial charge < -0.3 is 15.0 Å². The zero-order valence-corrected chi connectivity index (χ0v) is 10.0. The first-order valence-electron chi connectivity index (χ1n) is 5.81. The van der Waals surface area contributed by atoms with Gasteiger partial charge in [0.25, 0.3) is 5.91 Å². The molecule has 2 N–H and O–H groups in total. The molecule has 1 aromatic rings. The second-order valence-corrected chi connectivity index (χ2v) is 4.90. The molecule has 0 spiro atoms. The number of carbonyl (C=O) groups excluding carboxylic acids is 1. The Morgan fingerprint density at radius 1 is 1.53 bits per heavy atom. The molecule has 1 atom stereocenters. The van der Waals surface area contributed by atoms with Gasteiger partial charge in [-0.25, -0.2) is 4.98 Å². The number of aliphatic hydroxyl groups excluding tert-OH is 1. The summed E-state index contributed by atoms with van der Waals surface area (Å²) in [4.78, 5) is 15.0. The molecule has 0 bridgehead atoms. The third-order valence-corrected chi connectivity index (χ3v) is 3.23. The molecule has 1 amide bonds. The first kappa shape index (κ1) is 13.9. The summed E-state index contributed by atoms with van der Waals surface area (Å²) >= 11 is 0. The van der Waals surface area contributed by atoms with Crippen LogP contribution in [0.2, 0.25) is 0 Å². The van der Waals surface area contributed by atoms with Crippen LogP contribution < -0.4 is 5.32 Å². The zero-order chi connectivity index (χ0) is 14.1. The quantitative estimate of drug-likeness (QED) is 0.832. The SMILES string of the molecule is O=C(NCC1(Cn2ccnc2)CC1)[C@H](O)C(F)(F)F. The minimum atomic E-state index is -4.93. The number of imidazole rings is 1. The van der Waals surface area contributed by atoms with Crippen molar-refractivity contribution >= 4 is 5.91 Å². The van der Waals surface area contributed by atoms with E-state index >= 15 is 0 Å². The van der Waals surface area contributed by atoms with Crippen molar-refractivity contribution in [2.24, 2.45) is 5.41 Å². The second kappa shape index (κ2) is 4.84. The topological polar surface area (TPSA) is 67.2 Å².